The second kappa shape index (κ2) is 4.88. The van der Waals surface area contributed by atoms with Crippen molar-refractivity contribution in [3.63, 3.8) is 0 Å². The van der Waals surface area contributed by atoms with E-state index >= 15 is 0 Å². The summed E-state index contributed by atoms with van der Waals surface area (Å²) in [6.07, 6.45) is 0. The minimum atomic E-state index is -0.00870. The fourth-order valence-corrected chi connectivity index (χ4v) is 1.33. The first-order chi connectivity index (χ1) is 6.63. The third-order valence-electron chi connectivity index (χ3n) is 1.93. The van der Waals surface area contributed by atoms with Crippen LogP contribution in [0.15, 0.2) is 24.3 Å². The molecule has 0 aliphatic rings. The summed E-state index contributed by atoms with van der Waals surface area (Å²) in [5.74, 6) is -0.00870. The van der Waals surface area contributed by atoms with E-state index in [9.17, 15) is 4.79 Å². The van der Waals surface area contributed by atoms with Crippen LogP contribution in [0.4, 0.5) is 0 Å². The van der Waals surface area contributed by atoms with Gasteiger partial charge in [-0.2, -0.15) is 0 Å². The Kier molecular flexibility index (Phi) is 3.80. The molecule has 0 spiro atoms. The van der Waals surface area contributed by atoms with Crippen molar-refractivity contribution in [2.45, 2.75) is 6.54 Å². The number of Topliss-reactive ketones (excluding diaryl/α,β-unsaturated/α-hetero) is 1. The van der Waals surface area contributed by atoms with Gasteiger partial charge >= 0.3 is 0 Å². The Bertz CT molecular complexity index is 321. The molecule has 3 nitrogen and oxygen atoms in total. The van der Waals surface area contributed by atoms with Gasteiger partial charge in [0.25, 0.3) is 0 Å². The monoisotopic (exact) mass is 192 g/mol. The lowest BCUT2D eigenvalue weighted by molar-refractivity contribution is 0.100. The second-order valence-corrected chi connectivity index (χ2v) is 3.57. The van der Waals surface area contributed by atoms with Crippen molar-refractivity contribution in [1.29, 1.82) is 0 Å². The molecule has 1 aromatic carbocycles. The lowest BCUT2D eigenvalue weighted by atomic mass is 10.1. The molecule has 0 heterocycles. The third-order valence-corrected chi connectivity index (χ3v) is 1.93. The summed E-state index contributed by atoms with van der Waals surface area (Å²) >= 11 is 0. The van der Waals surface area contributed by atoms with Crippen LogP contribution in [0.2, 0.25) is 0 Å². The Morgan fingerprint density at radius 3 is 2.71 bits per heavy atom. The lowest BCUT2D eigenvalue weighted by Gasteiger charge is -2.10. The first kappa shape index (κ1) is 10.9. The average Bonchev–Trinajstić information content (AvgIpc) is 2.16. The maximum absolute atomic E-state index is 11.3. The van der Waals surface area contributed by atoms with Crippen molar-refractivity contribution in [2.75, 3.05) is 20.6 Å². The van der Waals surface area contributed by atoms with Crippen molar-refractivity contribution in [1.82, 2.24) is 4.90 Å². The van der Waals surface area contributed by atoms with E-state index in [0.717, 1.165) is 12.1 Å². The van der Waals surface area contributed by atoms with Crippen LogP contribution in [-0.4, -0.2) is 31.3 Å². The van der Waals surface area contributed by atoms with Crippen LogP contribution < -0.4 is 5.73 Å². The Morgan fingerprint density at radius 2 is 2.14 bits per heavy atom. The number of nitrogens with zero attached hydrogens (tertiary/aromatic N) is 1. The lowest BCUT2D eigenvalue weighted by Crippen LogP contribution is -2.15. The van der Waals surface area contributed by atoms with Gasteiger partial charge < -0.3 is 10.6 Å². The van der Waals surface area contributed by atoms with Crippen molar-refractivity contribution in [2.24, 2.45) is 5.73 Å². The number of ketones is 1. The van der Waals surface area contributed by atoms with E-state index in [1.165, 1.54) is 0 Å². The van der Waals surface area contributed by atoms with Gasteiger partial charge in [-0.05, 0) is 25.7 Å². The van der Waals surface area contributed by atoms with Gasteiger partial charge in [0, 0.05) is 12.1 Å². The van der Waals surface area contributed by atoms with Crippen LogP contribution in [0.1, 0.15) is 15.9 Å². The highest BCUT2D eigenvalue weighted by molar-refractivity contribution is 5.97. The molecule has 1 aromatic rings. The maximum Gasteiger partial charge on any atom is 0.176 e. The van der Waals surface area contributed by atoms with Gasteiger partial charge in [-0.1, -0.05) is 18.2 Å². The number of benzene rings is 1. The molecule has 14 heavy (non-hydrogen) atoms. The zero-order valence-corrected chi connectivity index (χ0v) is 8.66. The molecule has 0 saturated carbocycles. The van der Waals surface area contributed by atoms with Crippen molar-refractivity contribution in [3.05, 3.63) is 35.4 Å². The van der Waals surface area contributed by atoms with E-state index in [-0.39, 0.29) is 12.3 Å². The summed E-state index contributed by atoms with van der Waals surface area (Å²) in [6.45, 7) is 0.914. The molecule has 0 aromatic heterocycles. The van der Waals surface area contributed by atoms with E-state index in [4.69, 9.17) is 5.73 Å². The molecule has 1 rings (SSSR count). The van der Waals surface area contributed by atoms with Crippen LogP contribution >= 0.6 is 0 Å². The minimum absolute atomic E-state index is 0.00870. The van der Waals surface area contributed by atoms with Crippen molar-refractivity contribution in [3.8, 4) is 0 Å². The summed E-state index contributed by atoms with van der Waals surface area (Å²) in [4.78, 5) is 13.4. The molecule has 0 radical (unpaired) electrons. The molecule has 0 amide bonds. The molecule has 0 bridgehead atoms. The third kappa shape index (κ3) is 2.94. The minimum Gasteiger partial charge on any atom is -0.324 e. The fourth-order valence-electron chi connectivity index (χ4n) is 1.33. The number of hydrogen-bond acceptors (Lipinski definition) is 3. The summed E-state index contributed by atoms with van der Waals surface area (Å²) in [5, 5.41) is 0. The number of carbonyl (C=O) groups is 1. The van der Waals surface area contributed by atoms with E-state index in [2.05, 4.69) is 4.90 Å². The van der Waals surface area contributed by atoms with Gasteiger partial charge in [0.15, 0.2) is 5.78 Å². The Hall–Kier alpha value is -1.19. The fraction of sp³-hybridized carbons (Fsp3) is 0.364. The molecule has 3 heteroatoms. The highest BCUT2D eigenvalue weighted by Crippen LogP contribution is 2.07. The zero-order valence-electron chi connectivity index (χ0n) is 8.66. The van der Waals surface area contributed by atoms with Gasteiger partial charge in [0.2, 0.25) is 0 Å². The van der Waals surface area contributed by atoms with Crippen molar-refractivity contribution >= 4 is 5.78 Å². The van der Waals surface area contributed by atoms with Gasteiger partial charge in [0.05, 0.1) is 6.54 Å². The quantitative estimate of drug-likeness (QED) is 0.721. The Morgan fingerprint density at radius 1 is 1.43 bits per heavy atom. The maximum atomic E-state index is 11.3. The van der Waals surface area contributed by atoms with Crippen LogP contribution in [0.25, 0.3) is 0 Å². The zero-order chi connectivity index (χ0) is 10.6. The van der Waals surface area contributed by atoms with Gasteiger partial charge in [-0.15, -0.1) is 0 Å². The molecular formula is C11H16N2O. The highest BCUT2D eigenvalue weighted by Gasteiger charge is 2.03. The van der Waals surface area contributed by atoms with Crippen LogP contribution in [-0.2, 0) is 6.54 Å². The molecule has 76 valence electrons. The predicted molar refractivity (Wildman–Crippen MR) is 57.2 cm³/mol. The predicted octanol–water partition coefficient (Wildman–Crippen LogP) is 0.890. The average molecular weight is 192 g/mol. The number of hydrogen-bond donors (Lipinski definition) is 1. The molecule has 0 atom stereocenters. The largest absolute Gasteiger partial charge is 0.324 e. The van der Waals surface area contributed by atoms with Crippen LogP contribution in [0, 0.1) is 0 Å². The van der Waals surface area contributed by atoms with E-state index in [1.54, 1.807) is 6.07 Å². The highest BCUT2D eigenvalue weighted by atomic mass is 16.1. The molecule has 0 aliphatic heterocycles. The van der Waals surface area contributed by atoms with Crippen molar-refractivity contribution < 1.29 is 4.79 Å². The smallest absolute Gasteiger partial charge is 0.176 e. The van der Waals surface area contributed by atoms with E-state index in [0.29, 0.717) is 5.56 Å². The molecule has 0 unspecified atom stereocenters. The van der Waals surface area contributed by atoms with Crippen LogP contribution in [0.5, 0.6) is 0 Å². The van der Waals surface area contributed by atoms with Gasteiger partial charge in [0.1, 0.15) is 0 Å². The first-order valence-electron chi connectivity index (χ1n) is 4.60. The first-order valence-corrected chi connectivity index (χ1v) is 4.60. The number of rotatable bonds is 4. The molecule has 2 N–H and O–H groups in total. The Labute approximate surface area is 84.5 Å². The van der Waals surface area contributed by atoms with Gasteiger partial charge in [-0.3, -0.25) is 4.79 Å². The molecule has 0 aliphatic carbocycles. The second-order valence-electron chi connectivity index (χ2n) is 3.57. The normalized spacial score (nSPS) is 10.6. The van der Waals surface area contributed by atoms with E-state index < -0.39 is 0 Å². The topological polar surface area (TPSA) is 46.3 Å². The van der Waals surface area contributed by atoms with Crippen LogP contribution in [0.3, 0.4) is 0 Å². The molecule has 0 saturated heterocycles. The SMILES string of the molecule is CN(C)Cc1cccc(C(=O)CN)c1. The number of carbonyl (C=O) groups excluding carboxylic acids is 1. The van der Waals surface area contributed by atoms with Gasteiger partial charge in [-0.25, -0.2) is 0 Å². The summed E-state index contributed by atoms with van der Waals surface area (Å²) in [5.41, 5.74) is 7.13. The van der Waals surface area contributed by atoms with E-state index in [1.807, 2.05) is 32.3 Å². The summed E-state index contributed by atoms with van der Waals surface area (Å²) in [6, 6.07) is 7.60. The Balaban J connectivity index is 2.84. The standard InChI is InChI=1S/C11H16N2O/c1-13(2)8-9-4-3-5-10(6-9)11(14)7-12/h3-6H,7-8,12H2,1-2H3. The molecule has 0 fully saturated rings. The summed E-state index contributed by atoms with van der Waals surface area (Å²) in [7, 11) is 3.99. The number of nitrogens with two attached hydrogens (primary N) is 1. The molecular weight excluding hydrogens is 176 g/mol. The summed E-state index contributed by atoms with van der Waals surface area (Å²) < 4.78 is 0.